The van der Waals surface area contributed by atoms with E-state index in [9.17, 15) is 0 Å². The molecule has 6 heteroatoms. The van der Waals surface area contributed by atoms with Crippen molar-refractivity contribution < 1.29 is 8.85 Å². The molecule has 0 bridgehead atoms. The van der Waals surface area contributed by atoms with Crippen LogP contribution in [-0.4, -0.2) is 56.0 Å². The second-order valence-electron chi connectivity index (χ2n) is 6.78. The van der Waals surface area contributed by atoms with Crippen LogP contribution in [0.5, 0.6) is 0 Å². The first kappa shape index (κ1) is 19.3. The number of nitrogens with one attached hydrogen (secondary N) is 2. The lowest BCUT2D eigenvalue weighted by Gasteiger charge is -2.17. The fraction of sp³-hybridized carbons (Fsp3) is 1.00. The van der Waals surface area contributed by atoms with E-state index in [0.717, 1.165) is 45.8 Å². The molecular formula is C13H34N2O2Si2. The van der Waals surface area contributed by atoms with Crippen LogP contribution in [0, 0.1) is 0 Å². The molecule has 0 aromatic carbocycles. The Bertz CT molecular complexity index is 194. The van der Waals surface area contributed by atoms with E-state index in [1.54, 1.807) is 0 Å². The van der Waals surface area contributed by atoms with Gasteiger partial charge in [0.05, 0.1) is 0 Å². The van der Waals surface area contributed by atoms with E-state index in [2.05, 4.69) is 49.9 Å². The molecule has 0 saturated heterocycles. The van der Waals surface area contributed by atoms with Crippen molar-refractivity contribution in [1.29, 1.82) is 0 Å². The average Bonchev–Trinajstić information content (AvgIpc) is 2.22. The van der Waals surface area contributed by atoms with Crippen molar-refractivity contribution >= 4 is 16.6 Å². The summed E-state index contributed by atoms with van der Waals surface area (Å²) in [5.74, 6) is 0. The first-order chi connectivity index (χ1) is 8.71. The van der Waals surface area contributed by atoms with Gasteiger partial charge in [-0.25, -0.2) is 0 Å². The van der Waals surface area contributed by atoms with E-state index < -0.39 is 16.6 Å². The van der Waals surface area contributed by atoms with E-state index in [-0.39, 0.29) is 0 Å². The molecule has 0 aliphatic rings. The maximum atomic E-state index is 5.77. The van der Waals surface area contributed by atoms with Gasteiger partial charge >= 0.3 is 0 Å². The van der Waals surface area contributed by atoms with Crippen molar-refractivity contribution in [2.75, 3.05) is 39.4 Å². The minimum atomic E-state index is -1.33. The van der Waals surface area contributed by atoms with Crippen LogP contribution in [0.15, 0.2) is 0 Å². The lowest BCUT2D eigenvalue weighted by molar-refractivity contribution is 0.304. The van der Waals surface area contributed by atoms with Gasteiger partial charge in [0.15, 0.2) is 16.6 Å². The van der Waals surface area contributed by atoms with E-state index in [1.807, 2.05) is 0 Å². The van der Waals surface area contributed by atoms with E-state index >= 15 is 0 Å². The van der Waals surface area contributed by atoms with Crippen LogP contribution in [0.25, 0.3) is 0 Å². The molecule has 0 aromatic rings. The van der Waals surface area contributed by atoms with Crippen molar-refractivity contribution in [1.82, 2.24) is 10.6 Å². The van der Waals surface area contributed by atoms with E-state index in [0.29, 0.717) is 0 Å². The van der Waals surface area contributed by atoms with Crippen LogP contribution in [-0.2, 0) is 8.85 Å². The first-order valence-electron chi connectivity index (χ1n) is 7.40. The van der Waals surface area contributed by atoms with Gasteiger partial charge in [-0.3, -0.25) is 0 Å². The summed E-state index contributed by atoms with van der Waals surface area (Å²) in [4.78, 5) is 0. The Morgan fingerprint density at radius 1 is 0.632 bits per heavy atom. The molecule has 0 amide bonds. The lowest BCUT2D eigenvalue weighted by Crippen LogP contribution is -2.32. The quantitative estimate of drug-likeness (QED) is 0.429. The van der Waals surface area contributed by atoms with Gasteiger partial charge in [-0.05, 0) is 58.8 Å². The Kier molecular flexibility index (Phi) is 10.2. The molecule has 4 nitrogen and oxygen atoms in total. The zero-order valence-corrected chi connectivity index (χ0v) is 15.8. The molecule has 0 atom stereocenters. The van der Waals surface area contributed by atoms with Gasteiger partial charge in [0.1, 0.15) is 0 Å². The summed E-state index contributed by atoms with van der Waals surface area (Å²) >= 11 is 0. The minimum Gasteiger partial charge on any atom is -0.416 e. The molecule has 0 fully saturated rings. The third-order valence-corrected chi connectivity index (χ3v) is 4.48. The van der Waals surface area contributed by atoms with Gasteiger partial charge in [-0.15, -0.1) is 0 Å². The maximum Gasteiger partial charge on any atom is 0.183 e. The Morgan fingerprint density at radius 2 is 1.00 bits per heavy atom. The SMILES string of the molecule is C[Si](C)(C)OCCNCCCNCCO[Si](C)(C)C. The molecule has 0 unspecified atom stereocenters. The minimum absolute atomic E-state index is 0.840. The largest absolute Gasteiger partial charge is 0.416 e. The first-order valence-corrected chi connectivity index (χ1v) is 14.2. The van der Waals surface area contributed by atoms with Crippen molar-refractivity contribution in [3.8, 4) is 0 Å². The van der Waals surface area contributed by atoms with Crippen LogP contribution < -0.4 is 10.6 Å². The van der Waals surface area contributed by atoms with Gasteiger partial charge in [-0.1, -0.05) is 0 Å². The van der Waals surface area contributed by atoms with E-state index in [1.165, 1.54) is 0 Å². The van der Waals surface area contributed by atoms with Crippen molar-refractivity contribution in [2.45, 2.75) is 45.7 Å². The molecule has 116 valence electrons. The third-order valence-electron chi connectivity index (χ3n) is 2.33. The summed E-state index contributed by atoms with van der Waals surface area (Å²) in [6.45, 7) is 19.0. The smallest absolute Gasteiger partial charge is 0.183 e. The molecule has 0 aromatic heterocycles. The second-order valence-corrected chi connectivity index (χ2v) is 15.8. The van der Waals surface area contributed by atoms with Crippen LogP contribution in [0.1, 0.15) is 6.42 Å². The summed E-state index contributed by atoms with van der Waals surface area (Å²) in [7, 11) is -2.65. The summed E-state index contributed by atoms with van der Waals surface area (Å²) in [6.07, 6.45) is 1.15. The molecule has 0 rings (SSSR count). The molecule has 19 heavy (non-hydrogen) atoms. The summed E-state index contributed by atoms with van der Waals surface area (Å²) in [6, 6.07) is 0. The van der Waals surface area contributed by atoms with Crippen molar-refractivity contribution in [3.05, 3.63) is 0 Å². The fourth-order valence-electron chi connectivity index (χ4n) is 1.45. The highest BCUT2D eigenvalue weighted by Gasteiger charge is 2.13. The van der Waals surface area contributed by atoms with E-state index in [4.69, 9.17) is 8.85 Å². The van der Waals surface area contributed by atoms with Gasteiger partial charge in [0, 0.05) is 26.3 Å². The molecule has 0 heterocycles. The molecule has 0 radical (unpaired) electrons. The molecular weight excluding hydrogens is 272 g/mol. The topological polar surface area (TPSA) is 42.5 Å². The van der Waals surface area contributed by atoms with Gasteiger partial charge < -0.3 is 19.5 Å². The zero-order valence-electron chi connectivity index (χ0n) is 13.8. The van der Waals surface area contributed by atoms with Crippen LogP contribution in [0.2, 0.25) is 39.3 Å². The predicted octanol–water partition coefficient (Wildman–Crippen LogP) is 2.26. The Balaban J connectivity index is 3.12. The van der Waals surface area contributed by atoms with Gasteiger partial charge in [0.2, 0.25) is 0 Å². The number of hydrogen-bond donors (Lipinski definition) is 2. The molecule has 0 spiro atoms. The zero-order chi connectivity index (χ0) is 14.8. The highest BCUT2D eigenvalue weighted by molar-refractivity contribution is 6.70. The molecule has 0 saturated carbocycles. The van der Waals surface area contributed by atoms with Gasteiger partial charge in [-0.2, -0.15) is 0 Å². The molecule has 2 N–H and O–H groups in total. The fourth-order valence-corrected chi connectivity index (χ4v) is 2.88. The van der Waals surface area contributed by atoms with Crippen LogP contribution in [0.3, 0.4) is 0 Å². The van der Waals surface area contributed by atoms with Crippen molar-refractivity contribution in [2.24, 2.45) is 0 Å². The summed E-state index contributed by atoms with van der Waals surface area (Å²) in [5, 5.41) is 6.81. The highest BCUT2D eigenvalue weighted by Crippen LogP contribution is 2.01. The van der Waals surface area contributed by atoms with Gasteiger partial charge in [0.25, 0.3) is 0 Å². The van der Waals surface area contributed by atoms with Crippen LogP contribution in [0.4, 0.5) is 0 Å². The van der Waals surface area contributed by atoms with Crippen LogP contribution >= 0.6 is 0 Å². The Morgan fingerprint density at radius 3 is 1.32 bits per heavy atom. The third kappa shape index (κ3) is 18.3. The molecule has 0 aliphatic heterocycles. The normalized spacial score (nSPS) is 12.9. The predicted molar refractivity (Wildman–Crippen MR) is 89.0 cm³/mol. The Labute approximate surface area is 121 Å². The number of rotatable bonds is 12. The second kappa shape index (κ2) is 10.1. The number of hydrogen-bond acceptors (Lipinski definition) is 4. The van der Waals surface area contributed by atoms with Crippen molar-refractivity contribution in [3.63, 3.8) is 0 Å². The standard InChI is InChI=1S/C13H34N2O2Si2/c1-18(2,3)16-12-10-14-8-7-9-15-11-13-17-19(4,5)6/h14-15H,7-13H2,1-6H3. The summed E-state index contributed by atoms with van der Waals surface area (Å²) in [5.41, 5.74) is 0. The molecule has 0 aliphatic carbocycles. The summed E-state index contributed by atoms with van der Waals surface area (Å²) < 4.78 is 11.5. The Hall–Kier alpha value is 0.274. The lowest BCUT2D eigenvalue weighted by atomic mass is 10.4. The maximum absolute atomic E-state index is 5.77. The average molecular weight is 307 g/mol. The highest BCUT2D eigenvalue weighted by atomic mass is 28.4. The monoisotopic (exact) mass is 306 g/mol.